The molecule has 234 valence electrons. The minimum atomic E-state index is -0.359. The first-order chi connectivity index (χ1) is 20.8. The molecule has 43 heavy (non-hydrogen) atoms. The molecule has 5 heterocycles. The lowest BCUT2D eigenvalue weighted by Crippen LogP contribution is -2.53. The Morgan fingerprint density at radius 2 is 1.65 bits per heavy atom. The van der Waals surface area contributed by atoms with Gasteiger partial charge in [-0.15, -0.1) is 0 Å². The molecule has 3 amide bonds. The van der Waals surface area contributed by atoms with Crippen LogP contribution in [0, 0.1) is 0 Å². The van der Waals surface area contributed by atoms with Crippen LogP contribution in [0.1, 0.15) is 64.8 Å². The molecule has 0 radical (unpaired) electrons. The highest BCUT2D eigenvalue weighted by atomic mass is 16.6. The molecule has 0 spiro atoms. The standard InChI is InChI=1S/C31H44N6O6/c1-21(2)36-25-7-3-4-8-26(25)37(30(36)40)29(39)32-22-19-23-10-11-24(20-22)35(23)12-6-18-43-31(41)34-15-13-33(14-16-34)28(38)27-9-5-17-42-27/h3-4,7-8,21-24,27H,5-6,9-20H2,1-2H3,(H,32,39). The van der Waals surface area contributed by atoms with E-state index in [1.165, 1.54) is 4.57 Å². The zero-order valence-corrected chi connectivity index (χ0v) is 25.3. The molecule has 6 rings (SSSR count). The zero-order chi connectivity index (χ0) is 30.1. The summed E-state index contributed by atoms with van der Waals surface area (Å²) < 4.78 is 14.0. The first-order valence-electron chi connectivity index (χ1n) is 15.9. The molecule has 3 atom stereocenters. The van der Waals surface area contributed by atoms with Gasteiger partial charge in [0.05, 0.1) is 17.6 Å². The van der Waals surface area contributed by atoms with Gasteiger partial charge in [-0.25, -0.2) is 19.0 Å². The van der Waals surface area contributed by atoms with Crippen molar-refractivity contribution in [2.24, 2.45) is 0 Å². The number of piperazine rings is 1. The fraction of sp³-hybridized carbons (Fsp3) is 0.677. The molecule has 4 saturated heterocycles. The average molecular weight is 597 g/mol. The molecule has 0 saturated carbocycles. The number of carbonyl (C=O) groups excluding carboxylic acids is 3. The van der Waals surface area contributed by atoms with E-state index in [2.05, 4.69) is 10.2 Å². The molecular formula is C31H44N6O6. The maximum absolute atomic E-state index is 13.4. The predicted octanol–water partition coefficient (Wildman–Crippen LogP) is 2.79. The van der Waals surface area contributed by atoms with E-state index in [1.54, 1.807) is 14.4 Å². The number of carbonyl (C=O) groups is 3. The van der Waals surface area contributed by atoms with Crippen LogP contribution >= 0.6 is 0 Å². The van der Waals surface area contributed by atoms with Crippen LogP contribution in [-0.2, 0) is 14.3 Å². The summed E-state index contributed by atoms with van der Waals surface area (Å²) in [5.74, 6) is 0.0381. The molecule has 4 fully saturated rings. The number of aromatic nitrogens is 2. The van der Waals surface area contributed by atoms with Crippen molar-refractivity contribution in [3.63, 3.8) is 0 Å². The zero-order valence-electron chi connectivity index (χ0n) is 25.3. The van der Waals surface area contributed by atoms with Gasteiger partial charge < -0.3 is 24.6 Å². The Morgan fingerprint density at radius 3 is 2.30 bits per heavy atom. The van der Waals surface area contributed by atoms with E-state index >= 15 is 0 Å². The van der Waals surface area contributed by atoms with Crippen molar-refractivity contribution in [1.29, 1.82) is 0 Å². The molecule has 1 aromatic heterocycles. The Labute approximate surface area is 251 Å². The highest BCUT2D eigenvalue weighted by Crippen LogP contribution is 2.36. The monoisotopic (exact) mass is 596 g/mol. The third-order valence-electron chi connectivity index (χ3n) is 9.55. The summed E-state index contributed by atoms with van der Waals surface area (Å²) in [5, 5.41) is 3.16. The molecule has 4 aliphatic rings. The van der Waals surface area contributed by atoms with Gasteiger partial charge in [0, 0.05) is 63.5 Å². The highest BCUT2D eigenvalue weighted by Gasteiger charge is 2.41. The van der Waals surface area contributed by atoms with Crippen LogP contribution in [0.25, 0.3) is 11.0 Å². The third kappa shape index (κ3) is 6.04. The topological polar surface area (TPSA) is 118 Å². The average Bonchev–Trinajstić information content (AvgIpc) is 3.70. The van der Waals surface area contributed by atoms with Crippen LogP contribution in [0.5, 0.6) is 0 Å². The van der Waals surface area contributed by atoms with E-state index < -0.39 is 0 Å². The molecule has 2 aromatic rings. The smallest absolute Gasteiger partial charge is 0.409 e. The second-order valence-corrected chi connectivity index (χ2v) is 12.6. The number of fused-ring (bicyclic) bond motifs is 3. The molecule has 2 bridgehead atoms. The number of amides is 3. The fourth-order valence-electron chi connectivity index (χ4n) is 7.45. The minimum Gasteiger partial charge on any atom is -0.449 e. The number of hydrogen-bond donors (Lipinski definition) is 1. The van der Waals surface area contributed by atoms with Crippen molar-refractivity contribution >= 4 is 29.1 Å². The van der Waals surface area contributed by atoms with Gasteiger partial charge >= 0.3 is 17.8 Å². The van der Waals surface area contributed by atoms with Crippen LogP contribution in [0.3, 0.4) is 0 Å². The molecule has 1 N–H and O–H groups in total. The van der Waals surface area contributed by atoms with E-state index in [4.69, 9.17) is 9.47 Å². The summed E-state index contributed by atoms with van der Waals surface area (Å²) in [6, 6.07) is 7.76. The quantitative estimate of drug-likeness (QED) is 0.489. The lowest BCUT2D eigenvalue weighted by atomic mass is 9.97. The maximum atomic E-state index is 13.4. The number of rotatable bonds is 7. The van der Waals surface area contributed by atoms with Crippen molar-refractivity contribution in [1.82, 2.24) is 29.2 Å². The summed E-state index contributed by atoms with van der Waals surface area (Å²) >= 11 is 0. The lowest BCUT2D eigenvalue weighted by molar-refractivity contribution is -0.142. The second kappa shape index (κ2) is 12.7. The number of nitrogens with one attached hydrogen (secondary N) is 1. The van der Waals surface area contributed by atoms with Crippen LogP contribution in [-0.4, -0.2) is 112 Å². The Balaban J connectivity index is 0.947. The molecule has 4 aliphatic heterocycles. The predicted molar refractivity (Wildman–Crippen MR) is 160 cm³/mol. The summed E-state index contributed by atoms with van der Waals surface area (Å²) in [6.45, 7) is 7.71. The fourth-order valence-corrected chi connectivity index (χ4v) is 7.45. The number of imidazole rings is 1. The van der Waals surface area contributed by atoms with Crippen LogP contribution in [0.4, 0.5) is 9.59 Å². The largest absolute Gasteiger partial charge is 0.449 e. The molecule has 0 aliphatic carbocycles. The SMILES string of the molecule is CC(C)n1c(=O)n(C(=O)NC2CC3CCC(C2)N3CCCOC(=O)N2CCN(C(=O)C3CCCO3)CC2)c2ccccc21. The van der Waals surface area contributed by atoms with Crippen molar-refractivity contribution in [3.8, 4) is 0 Å². The molecule has 12 nitrogen and oxygen atoms in total. The normalized spacial score (nSPS) is 25.9. The summed E-state index contributed by atoms with van der Waals surface area (Å²) in [4.78, 5) is 57.7. The van der Waals surface area contributed by atoms with Crippen molar-refractivity contribution < 1.29 is 23.9 Å². The van der Waals surface area contributed by atoms with E-state index in [9.17, 15) is 19.2 Å². The van der Waals surface area contributed by atoms with Crippen molar-refractivity contribution in [2.45, 2.75) is 89.1 Å². The van der Waals surface area contributed by atoms with Gasteiger partial charge in [0.1, 0.15) is 6.10 Å². The number of hydrogen-bond acceptors (Lipinski definition) is 7. The van der Waals surface area contributed by atoms with Gasteiger partial charge in [-0.05, 0) is 70.9 Å². The van der Waals surface area contributed by atoms with Gasteiger partial charge in [0.2, 0.25) is 0 Å². The molecule has 3 unspecified atom stereocenters. The van der Waals surface area contributed by atoms with Crippen LogP contribution < -0.4 is 11.0 Å². The first kappa shape index (κ1) is 29.7. The Kier molecular flexibility index (Phi) is 8.76. The number of piperidine rings is 1. The van der Waals surface area contributed by atoms with Crippen LogP contribution in [0.2, 0.25) is 0 Å². The van der Waals surface area contributed by atoms with Gasteiger partial charge in [0.15, 0.2) is 0 Å². The Morgan fingerprint density at radius 1 is 0.977 bits per heavy atom. The molecule has 12 heteroatoms. The summed E-state index contributed by atoms with van der Waals surface area (Å²) in [5.41, 5.74) is 1.08. The maximum Gasteiger partial charge on any atom is 0.409 e. The van der Waals surface area contributed by atoms with E-state index in [0.29, 0.717) is 57.0 Å². The van der Waals surface area contributed by atoms with Gasteiger partial charge in [-0.1, -0.05) is 12.1 Å². The molecule has 1 aromatic carbocycles. The summed E-state index contributed by atoms with van der Waals surface area (Å²) in [7, 11) is 0. The first-order valence-corrected chi connectivity index (χ1v) is 15.9. The number of para-hydroxylation sites is 2. The summed E-state index contributed by atoms with van der Waals surface area (Å²) in [6.07, 6.45) is 5.66. The Bertz CT molecular complexity index is 1370. The third-order valence-corrected chi connectivity index (χ3v) is 9.55. The second-order valence-electron chi connectivity index (χ2n) is 12.6. The minimum absolute atomic E-state index is 0.0120. The van der Waals surface area contributed by atoms with Gasteiger partial charge in [0.25, 0.3) is 5.91 Å². The van der Waals surface area contributed by atoms with E-state index in [1.807, 2.05) is 38.1 Å². The van der Waals surface area contributed by atoms with Crippen molar-refractivity contribution in [3.05, 3.63) is 34.7 Å². The lowest BCUT2D eigenvalue weighted by Gasteiger charge is -2.39. The number of nitrogens with zero attached hydrogens (tertiary/aromatic N) is 5. The van der Waals surface area contributed by atoms with E-state index in [-0.39, 0.29) is 41.9 Å². The van der Waals surface area contributed by atoms with E-state index in [0.717, 1.165) is 57.0 Å². The number of ether oxygens (including phenoxy) is 2. The van der Waals surface area contributed by atoms with Gasteiger partial charge in [-0.3, -0.25) is 14.3 Å². The number of benzene rings is 1. The molecular weight excluding hydrogens is 552 g/mol. The van der Waals surface area contributed by atoms with Crippen LogP contribution in [0.15, 0.2) is 29.1 Å². The Hall–Kier alpha value is -3.38. The van der Waals surface area contributed by atoms with Crippen molar-refractivity contribution in [2.75, 3.05) is 45.9 Å². The highest BCUT2D eigenvalue weighted by molar-refractivity contribution is 5.89. The van der Waals surface area contributed by atoms with Gasteiger partial charge in [-0.2, -0.15) is 0 Å².